The summed E-state index contributed by atoms with van der Waals surface area (Å²) >= 11 is 0. The highest BCUT2D eigenvalue weighted by molar-refractivity contribution is 7.89. The molecule has 0 radical (unpaired) electrons. The maximum atomic E-state index is 13.4. The molecule has 2 aliphatic heterocycles. The van der Waals surface area contributed by atoms with Crippen molar-refractivity contribution in [3.8, 4) is 0 Å². The molecule has 0 aromatic heterocycles. The average Bonchev–Trinajstić information content (AvgIpc) is 3.11. The number of aryl methyl sites for hydroxylation is 3. The number of carbonyl (C=O) groups excluding carboxylic acids is 2. The normalized spacial score (nSPS) is 19.4. The van der Waals surface area contributed by atoms with E-state index in [0.717, 1.165) is 16.7 Å². The smallest absolute Gasteiger partial charge is 0.243 e. The molecule has 2 heterocycles. The molecule has 0 aliphatic carbocycles. The summed E-state index contributed by atoms with van der Waals surface area (Å²) in [5.74, 6) is -0.370. The van der Waals surface area contributed by atoms with Crippen LogP contribution in [0, 0.1) is 13.8 Å². The van der Waals surface area contributed by atoms with Crippen molar-refractivity contribution < 1.29 is 18.0 Å². The van der Waals surface area contributed by atoms with Crippen LogP contribution in [-0.4, -0.2) is 37.1 Å². The van der Waals surface area contributed by atoms with Gasteiger partial charge in [0.1, 0.15) is 6.04 Å². The first kappa shape index (κ1) is 21.5. The van der Waals surface area contributed by atoms with Crippen LogP contribution in [-0.2, 0) is 26.0 Å². The summed E-state index contributed by atoms with van der Waals surface area (Å²) in [5.41, 5.74) is 4.20. The summed E-state index contributed by atoms with van der Waals surface area (Å²) in [6.45, 7) is 4.21. The Morgan fingerprint density at radius 2 is 1.81 bits per heavy atom. The molecule has 2 N–H and O–H groups in total. The molecule has 0 saturated carbocycles. The minimum absolute atomic E-state index is 0.0583. The first-order valence-corrected chi connectivity index (χ1v) is 12.0. The molecule has 0 unspecified atom stereocenters. The SMILES string of the molecule is Cc1cc(C)cc(NC(=O)[C@@H]2CCCN2S(=O)(=O)c2ccc3c(c2)CCCC(=O)N3)c1. The van der Waals surface area contributed by atoms with Gasteiger partial charge in [-0.2, -0.15) is 4.31 Å². The Morgan fingerprint density at radius 3 is 2.55 bits per heavy atom. The van der Waals surface area contributed by atoms with Crippen LogP contribution >= 0.6 is 0 Å². The third-order valence-electron chi connectivity index (χ3n) is 5.80. The third-order valence-corrected chi connectivity index (χ3v) is 7.71. The zero-order chi connectivity index (χ0) is 22.2. The standard InChI is InChI=1S/C23H27N3O4S/c1-15-11-16(2)13-18(12-15)24-23(28)21-6-4-10-26(21)31(29,30)19-8-9-20-17(14-19)5-3-7-22(27)25-20/h8-9,11-14,21H,3-7,10H2,1-2H3,(H,24,28)(H,25,27)/t21-/m0/s1. The molecule has 2 aromatic carbocycles. The molecule has 0 bridgehead atoms. The third kappa shape index (κ3) is 4.50. The quantitative estimate of drug-likeness (QED) is 0.760. The number of hydrogen-bond acceptors (Lipinski definition) is 4. The highest BCUT2D eigenvalue weighted by Gasteiger charge is 2.39. The number of carbonyl (C=O) groups is 2. The lowest BCUT2D eigenvalue weighted by Crippen LogP contribution is -2.43. The van der Waals surface area contributed by atoms with E-state index in [1.165, 1.54) is 10.4 Å². The lowest BCUT2D eigenvalue weighted by atomic mass is 10.1. The minimum atomic E-state index is -3.84. The van der Waals surface area contributed by atoms with Gasteiger partial charge >= 0.3 is 0 Å². The molecule has 1 fully saturated rings. The lowest BCUT2D eigenvalue weighted by Gasteiger charge is -2.24. The second-order valence-electron chi connectivity index (χ2n) is 8.36. The number of nitrogens with zero attached hydrogens (tertiary/aromatic N) is 1. The number of nitrogens with one attached hydrogen (secondary N) is 2. The summed E-state index contributed by atoms with van der Waals surface area (Å²) < 4.78 is 28.1. The fourth-order valence-corrected chi connectivity index (χ4v) is 6.12. The first-order valence-electron chi connectivity index (χ1n) is 10.6. The first-order chi connectivity index (χ1) is 14.7. The molecule has 0 spiro atoms. The van der Waals surface area contributed by atoms with E-state index in [9.17, 15) is 18.0 Å². The van der Waals surface area contributed by atoms with E-state index in [-0.39, 0.29) is 16.7 Å². The molecule has 2 aliphatic rings. The molecule has 31 heavy (non-hydrogen) atoms. The minimum Gasteiger partial charge on any atom is -0.326 e. The summed E-state index contributed by atoms with van der Waals surface area (Å²) in [7, 11) is -3.84. The van der Waals surface area contributed by atoms with Gasteiger partial charge in [-0.3, -0.25) is 9.59 Å². The molecule has 2 amide bonds. The molecule has 1 saturated heterocycles. The number of sulfonamides is 1. The van der Waals surface area contributed by atoms with Crippen molar-refractivity contribution in [2.24, 2.45) is 0 Å². The van der Waals surface area contributed by atoms with Crippen LogP contribution in [0.15, 0.2) is 41.3 Å². The van der Waals surface area contributed by atoms with Gasteiger partial charge in [-0.05, 0) is 86.6 Å². The average molecular weight is 442 g/mol. The van der Waals surface area contributed by atoms with Crippen LogP contribution < -0.4 is 10.6 Å². The van der Waals surface area contributed by atoms with E-state index in [0.29, 0.717) is 50.0 Å². The van der Waals surface area contributed by atoms with E-state index in [1.807, 2.05) is 32.0 Å². The van der Waals surface area contributed by atoms with Crippen molar-refractivity contribution in [2.45, 2.75) is 56.9 Å². The molecule has 8 heteroatoms. The summed E-state index contributed by atoms with van der Waals surface area (Å²) in [6.07, 6.45) is 2.84. The molecule has 4 rings (SSSR count). The number of hydrogen-bond donors (Lipinski definition) is 2. The Labute approximate surface area is 182 Å². The van der Waals surface area contributed by atoms with Gasteiger partial charge in [-0.1, -0.05) is 6.07 Å². The summed E-state index contributed by atoms with van der Waals surface area (Å²) in [6, 6.07) is 9.81. The fourth-order valence-electron chi connectivity index (χ4n) is 4.41. The van der Waals surface area contributed by atoms with E-state index in [4.69, 9.17) is 0 Å². The summed E-state index contributed by atoms with van der Waals surface area (Å²) in [5, 5.41) is 5.71. The van der Waals surface area contributed by atoms with Crippen LogP contribution in [0.25, 0.3) is 0 Å². The Bertz CT molecular complexity index is 1120. The van der Waals surface area contributed by atoms with Crippen LogP contribution in [0.4, 0.5) is 11.4 Å². The maximum absolute atomic E-state index is 13.4. The number of amides is 2. The van der Waals surface area contributed by atoms with Gasteiger partial charge in [0.2, 0.25) is 21.8 Å². The van der Waals surface area contributed by atoms with E-state index in [1.54, 1.807) is 12.1 Å². The van der Waals surface area contributed by atoms with Crippen molar-refractivity contribution in [2.75, 3.05) is 17.2 Å². The second kappa shape index (κ2) is 8.43. The van der Waals surface area contributed by atoms with Gasteiger partial charge in [0.15, 0.2) is 0 Å². The molecular formula is C23H27N3O4S. The summed E-state index contributed by atoms with van der Waals surface area (Å²) in [4.78, 5) is 24.9. The van der Waals surface area contributed by atoms with Crippen LogP contribution in [0.5, 0.6) is 0 Å². The number of fused-ring (bicyclic) bond motifs is 1. The van der Waals surface area contributed by atoms with Gasteiger partial charge < -0.3 is 10.6 Å². The largest absolute Gasteiger partial charge is 0.326 e. The molecule has 1 atom stereocenters. The van der Waals surface area contributed by atoms with E-state index in [2.05, 4.69) is 10.6 Å². The second-order valence-corrected chi connectivity index (χ2v) is 10.3. The zero-order valence-corrected chi connectivity index (χ0v) is 18.6. The Morgan fingerprint density at radius 1 is 1.06 bits per heavy atom. The van der Waals surface area contributed by atoms with Crippen molar-refractivity contribution in [1.82, 2.24) is 4.31 Å². The number of anilines is 2. The number of benzene rings is 2. The monoisotopic (exact) mass is 441 g/mol. The fraction of sp³-hybridized carbons (Fsp3) is 0.391. The Balaban J connectivity index is 1.58. The Kier molecular flexibility index (Phi) is 5.85. The topological polar surface area (TPSA) is 95.6 Å². The van der Waals surface area contributed by atoms with Gasteiger partial charge in [0.05, 0.1) is 4.90 Å². The molecule has 7 nitrogen and oxygen atoms in total. The van der Waals surface area contributed by atoms with Crippen LogP contribution in [0.2, 0.25) is 0 Å². The highest BCUT2D eigenvalue weighted by Crippen LogP contribution is 2.31. The number of rotatable bonds is 4. The predicted octanol–water partition coefficient (Wildman–Crippen LogP) is 3.37. The zero-order valence-electron chi connectivity index (χ0n) is 17.8. The Hall–Kier alpha value is -2.71. The maximum Gasteiger partial charge on any atom is 0.243 e. The van der Waals surface area contributed by atoms with Crippen molar-refractivity contribution >= 4 is 33.2 Å². The molecular weight excluding hydrogens is 414 g/mol. The lowest BCUT2D eigenvalue weighted by molar-refractivity contribution is -0.119. The van der Waals surface area contributed by atoms with Crippen molar-refractivity contribution in [3.05, 3.63) is 53.1 Å². The van der Waals surface area contributed by atoms with Crippen molar-refractivity contribution in [1.29, 1.82) is 0 Å². The predicted molar refractivity (Wildman–Crippen MR) is 119 cm³/mol. The van der Waals surface area contributed by atoms with Gasteiger partial charge in [0.25, 0.3) is 0 Å². The van der Waals surface area contributed by atoms with Crippen molar-refractivity contribution in [3.63, 3.8) is 0 Å². The molecule has 2 aromatic rings. The highest BCUT2D eigenvalue weighted by atomic mass is 32.2. The van der Waals surface area contributed by atoms with Crippen LogP contribution in [0.1, 0.15) is 42.4 Å². The van der Waals surface area contributed by atoms with E-state index < -0.39 is 16.1 Å². The van der Waals surface area contributed by atoms with Crippen LogP contribution in [0.3, 0.4) is 0 Å². The van der Waals surface area contributed by atoms with Gasteiger partial charge in [-0.25, -0.2) is 8.42 Å². The van der Waals surface area contributed by atoms with Gasteiger partial charge in [-0.15, -0.1) is 0 Å². The molecule has 164 valence electrons. The van der Waals surface area contributed by atoms with Gasteiger partial charge in [0, 0.05) is 24.3 Å². The van der Waals surface area contributed by atoms with E-state index >= 15 is 0 Å².